The average Bonchev–Trinajstić information content (AvgIpc) is 3.10. The molecule has 0 radical (unpaired) electrons. The predicted molar refractivity (Wildman–Crippen MR) is 98.6 cm³/mol. The molecule has 1 amide bonds. The number of aromatic nitrogens is 2. The highest BCUT2D eigenvalue weighted by molar-refractivity contribution is 5.69. The number of hydrogen-bond donors (Lipinski definition) is 1. The van der Waals surface area contributed by atoms with E-state index >= 15 is 0 Å². The van der Waals surface area contributed by atoms with Crippen molar-refractivity contribution in [2.24, 2.45) is 0 Å². The zero-order chi connectivity index (χ0) is 19.1. The normalized spacial score (nSPS) is 23.3. The summed E-state index contributed by atoms with van der Waals surface area (Å²) in [6, 6.07) is 7.59. The molecule has 1 aromatic carbocycles. The van der Waals surface area contributed by atoms with Crippen molar-refractivity contribution in [3.05, 3.63) is 41.9 Å². The van der Waals surface area contributed by atoms with Gasteiger partial charge in [-0.25, -0.2) is 14.2 Å². The number of nitrogens with zero attached hydrogens (tertiary/aromatic N) is 2. The van der Waals surface area contributed by atoms with Crippen molar-refractivity contribution in [1.29, 1.82) is 0 Å². The van der Waals surface area contributed by atoms with E-state index in [-0.39, 0.29) is 13.0 Å². The smallest absolute Gasteiger partial charge is 0.411 e. The molecule has 1 saturated heterocycles. The number of ether oxygens (including phenoxy) is 1. The summed E-state index contributed by atoms with van der Waals surface area (Å²) >= 11 is 0. The van der Waals surface area contributed by atoms with E-state index in [0.717, 1.165) is 11.3 Å². The summed E-state index contributed by atoms with van der Waals surface area (Å²) in [6.45, 7) is 8.93. The molecular formula is C20H26FN3O2. The van der Waals surface area contributed by atoms with Gasteiger partial charge < -0.3 is 9.72 Å². The fourth-order valence-corrected chi connectivity index (χ4v) is 3.19. The molecule has 1 aliphatic heterocycles. The van der Waals surface area contributed by atoms with Crippen LogP contribution >= 0.6 is 0 Å². The zero-order valence-corrected chi connectivity index (χ0v) is 16.0. The van der Waals surface area contributed by atoms with Gasteiger partial charge in [0.15, 0.2) is 0 Å². The summed E-state index contributed by atoms with van der Waals surface area (Å²) in [5.74, 6) is 0.577. The molecule has 0 saturated carbocycles. The van der Waals surface area contributed by atoms with Crippen LogP contribution in [0.1, 0.15) is 51.5 Å². The third kappa shape index (κ3) is 4.06. The Morgan fingerprint density at radius 3 is 2.62 bits per heavy atom. The molecule has 3 rings (SSSR count). The average molecular weight is 359 g/mol. The van der Waals surface area contributed by atoms with Crippen molar-refractivity contribution >= 4 is 6.09 Å². The first-order valence-corrected chi connectivity index (χ1v) is 8.85. The first-order chi connectivity index (χ1) is 12.0. The maximum atomic E-state index is 14.7. The molecular weight excluding hydrogens is 333 g/mol. The molecule has 2 aromatic rings. The number of carbonyl (C=O) groups is 1. The maximum Gasteiger partial charge on any atom is 0.411 e. The van der Waals surface area contributed by atoms with Crippen molar-refractivity contribution in [2.75, 3.05) is 6.54 Å². The minimum Gasteiger partial charge on any atom is -0.444 e. The van der Waals surface area contributed by atoms with E-state index in [1.165, 1.54) is 17.4 Å². The number of benzene rings is 1. The molecule has 0 unspecified atom stereocenters. The van der Waals surface area contributed by atoms with E-state index in [9.17, 15) is 9.18 Å². The number of carbonyl (C=O) groups excluding carboxylic acids is 1. The molecule has 0 bridgehead atoms. The summed E-state index contributed by atoms with van der Waals surface area (Å²) < 4.78 is 20.1. The quantitative estimate of drug-likeness (QED) is 0.838. The number of aryl methyl sites for hydroxylation is 1. The molecule has 0 aliphatic carbocycles. The lowest BCUT2D eigenvalue weighted by Crippen LogP contribution is -2.38. The van der Waals surface area contributed by atoms with E-state index < -0.39 is 23.4 Å². The van der Waals surface area contributed by atoms with Gasteiger partial charge in [-0.2, -0.15) is 0 Å². The van der Waals surface area contributed by atoms with Gasteiger partial charge in [-0.3, -0.25) is 4.90 Å². The molecule has 6 heteroatoms. The van der Waals surface area contributed by atoms with Crippen LogP contribution in [0.15, 0.2) is 30.5 Å². The molecule has 26 heavy (non-hydrogen) atoms. The Hall–Kier alpha value is -2.37. The molecule has 2 heterocycles. The summed E-state index contributed by atoms with van der Waals surface area (Å²) in [7, 11) is 0. The lowest BCUT2D eigenvalue weighted by molar-refractivity contribution is 0.0197. The summed E-state index contributed by atoms with van der Waals surface area (Å²) in [5, 5.41) is 0. The second-order valence-electron chi connectivity index (χ2n) is 8.29. The minimum absolute atomic E-state index is 0.00680. The number of hydrogen-bond acceptors (Lipinski definition) is 3. The van der Waals surface area contributed by atoms with Crippen molar-refractivity contribution in [2.45, 2.75) is 58.4 Å². The van der Waals surface area contributed by atoms with Crippen LogP contribution in [0.3, 0.4) is 0 Å². The number of nitrogens with one attached hydrogen (secondary N) is 1. The summed E-state index contributed by atoms with van der Waals surface area (Å²) in [5.41, 5.74) is 0.912. The van der Waals surface area contributed by atoms with Crippen LogP contribution in [0.25, 0.3) is 11.3 Å². The zero-order valence-electron chi connectivity index (χ0n) is 16.0. The molecule has 5 nitrogen and oxygen atoms in total. The summed E-state index contributed by atoms with van der Waals surface area (Å²) in [6.07, 6.45) is 1.39. The summed E-state index contributed by atoms with van der Waals surface area (Å²) in [4.78, 5) is 21.6. The van der Waals surface area contributed by atoms with Gasteiger partial charge in [-0.1, -0.05) is 29.8 Å². The monoisotopic (exact) mass is 359 g/mol. The molecule has 1 fully saturated rings. The van der Waals surface area contributed by atoms with Gasteiger partial charge in [-0.05, 0) is 40.2 Å². The second kappa shape index (κ2) is 6.41. The van der Waals surface area contributed by atoms with Crippen molar-refractivity contribution in [3.8, 4) is 11.3 Å². The highest BCUT2D eigenvalue weighted by Gasteiger charge is 2.46. The molecule has 140 valence electrons. The Bertz CT molecular complexity index is 790. The fourth-order valence-electron chi connectivity index (χ4n) is 3.19. The van der Waals surface area contributed by atoms with Crippen molar-refractivity contribution < 1.29 is 13.9 Å². The van der Waals surface area contributed by atoms with Gasteiger partial charge >= 0.3 is 6.09 Å². The predicted octanol–water partition coefficient (Wildman–Crippen LogP) is 4.80. The largest absolute Gasteiger partial charge is 0.444 e. The third-order valence-electron chi connectivity index (χ3n) is 4.40. The lowest BCUT2D eigenvalue weighted by atomic mass is 10.0. The SMILES string of the molecule is Cc1ccc(-c2cnc([C@@H]3C[C@](C)(F)CN3C(=O)OC(C)(C)C)[nH]2)cc1. The van der Waals surface area contributed by atoms with Gasteiger partial charge in [0.05, 0.1) is 24.5 Å². The van der Waals surface area contributed by atoms with Gasteiger partial charge in [-0.15, -0.1) is 0 Å². The van der Waals surface area contributed by atoms with Gasteiger partial charge in [0.25, 0.3) is 0 Å². The van der Waals surface area contributed by atoms with Gasteiger partial charge in [0, 0.05) is 6.42 Å². The molecule has 1 aromatic heterocycles. The number of imidazole rings is 1. The number of rotatable bonds is 2. The van der Waals surface area contributed by atoms with Crippen LogP contribution < -0.4 is 0 Å². The number of H-pyrrole nitrogens is 1. The van der Waals surface area contributed by atoms with Gasteiger partial charge in [0.2, 0.25) is 0 Å². The van der Waals surface area contributed by atoms with Gasteiger partial charge in [0.1, 0.15) is 17.1 Å². The molecule has 0 spiro atoms. The van der Waals surface area contributed by atoms with E-state index in [0.29, 0.717) is 5.82 Å². The lowest BCUT2D eigenvalue weighted by Gasteiger charge is -2.27. The second-order valence-corrected chi connectivity index (χ2v) is 8.29. The fraction of sp³-hybridized carbons (Fsp3) is 0.500. The minimum atomic E-state index is -1.47. The van der Waals surface area contributed by atoms with Crippen LogP contribution in [-0.4, -0.2) is 38.8 Å². The van der Waals surface area contributed by atoms with E-state index in [4.69, 9.17) is 4.74 Å². The number of likely N-dealkylation sites (tertiary alicyclic amines) is 1. The van der Waals surface area contributed by atoms with Crippen molar-refractivity contribution in [1.82, 2.24) is 14.9 Å². The Morgan fingerprint density at radius 1 is 1.35 bits per heavy atom. The Balaban J connectivity index is 1.86. The maximum absolute atomic E-state index is 14.7. The Labute approximate surface area is 153 Å². The first kappa shape index (κ1) is 18.4. The molecule has 1 N–H and O–H groups in total. The van der Waals surface area contributed by atoms with Crippen LogP contribution in [0.4, 0.5) is 9.18 Å². The molecule has 2 atom stereocenters. The number of halogens is 1. The van der Waals surface area contributed by atoms with Crippen LogP contribution in [0.2, 0.25) is 0 Å². The van der Waals surface area contributed by atoms with Crippen LogP contribution in [0, 0.1) is 6.92 Å². The topological polar surface area (TPSA) is 58.2 Å². The van der Waals surface area contributed by atoms with E-state index in [1.54, 1.807) is 27.0 Å². The number of aromatic amines is 1. The van der Waals surface area contributed by atoms with Crippen LogP contribution in [-0.2, 0) is 4.74 Å². The number of amides is 1. The van der Waals surface area contributed by atoms with Crippen LogP contribution in [0.5, 0.6) is 0 Å². The first-order valence-electron chi connectivity index (χ1n) is 8.85. The molecule has 1 aliphatic rings. The highest BCUT2D eigenvalue weighted by atomic mass is 19.1. The van der Waals surface area contributed by atoms with Crippen molar-refractivity contribution in [3.63, 3.8) is 0 Å². The Kier molecular flexibility index (Phi) is 4.54. The van der Waals surface area contributed by atoms with E-state index in [1.807, 2.05) is 31.2 Å². The highest BCUT2D eigenvalue weighted by Crippen LogP contribution is 2.40. The number of alkyl halides is 1. The Morgan fingerprint density at radius 2 is 2.00 bits per heavy atom. The standard InChI is InChI=1S/C20H26FN3O2/c1-13-6-8-14(9-7-13)15-11-22-17(23-15)16-10-20(5,21)12-24(16)18(25)26-19(2,3)4/h6-9,11,16H,10,12H2,1-5H3,(H,22,23)/t16-,20-/m0/s1. The van der Waals surface area contributed by atoms with E-state index in [2.05, 4.69) is 9.97 Å². The third-order valence-corrected chi connectivity index (χ3v) is 4.40.